The average Bonchev–Trinajstić information content (AvgIpc) is 3.30. The highest BCUT2D eigenvalue weighted by atomic mass is 32.1. The van der Waals surface area contributed by atoms with E-state index in [0.717, 1.165) is 72.2 Å². The van der Waals surface area contributed by atoms with Crippen LogP contribution in [0.1, 0.15) is 86.5 Å². The summed E-state index contributed by atoms with van der Waals surface area (Å²) < 4.78 is 0. The normalized spacial score (nSPS) is 14.8. The fourth-order valence-corrected chi connectivity index (χ4v) is 7.24. The third-order valence-corrected chi connectivity index (χ3v) is 8.56. The lowest BCUT2D eigenvalue weighted by Crippen LogP contribution is -2.19. The Kier molecular flexibility index (Phi) is 7.14. The van der Waals surface area contributed by atoms with Crippen molar-refractivity contribution < 1.29 is 19.2 Å². The van der Waals surface area contributed by atoms with Crippen LogP contribution >= 0.6 is 22.7 Å². The van der Waals surface area contributed by atoms with Gasteiger partial charge >= 0.3 is 0 Å². The molecule has 4 rings (SSSR count). The number of nitrogens with one attached hydrogen (secondary N) is 2. The van der Waals surface area contributed by atoms with Crippen LogP contribution in [0.2, 0.25) is 0 Å². The first-order valence-electron chi connectivity index (χ1n) is 11.3. The summed E-state index contributed by atoms with van der Waals surface area (Å²) in [6.45, 7) is 0. The number of hydrogen-bond donors (Lipinski definition) is 4. The van der Waals surface area contributed by atoms with E-state index in [-0.39, 0.29) is 24.7 Å². The van der Waals surface area contributed by atoms with Gasteiger partial charge in [-0.1, -0.05) is 0 Å². The number of hydrogen-bond acceptors (Lipinski definition) is 6. The van der Waals surface area contributed by atoms with Gasteiger partial charge in [0.15, 0.2) is 0 Å². The third kappa shape index (κ3) is 5.11. The molecule has 33 heavy (non-hydrogen) atoms. The van der Waals surface area contributed by atoms with E-state index in [9.17, 15) is 19.2 Å². The minimum absolute atomic E-state index is 0.137. The van der Waals surface area contributed by atoms with Gasteiger partial charge in [0.1, 0.15) is 10.0 Å². The van der Waals surface area contributed by atoms with Crippen LogP contribution < -0.4 is 22.1 Å². The molecule has 0 aromatic carbocycles. The molecule has 2 aliphatic rings. The summed E-state index contributed by atoms with van der Waals surface area (Å²) >= 11 is 2.85. The molecule has 2 aromatic heterocycles. The summed E-state index contributed by atoms with van der Waals surface area (Å²) in [5.41, 5.74) is 13.9. The number of carbonyl (C=O) groups is 4. The van der Waals surface area contributed by atoms with Crippen LogP contribution in [-0.4, -0.2) is 23.6 Å². The van der Waals surface area contributed by atoms with Crippen molar-refractivity contribution in [1.29, 1.82) is 0 Å². The number of aryl methyl sites for hydroxylation is 2. The molecular formula is C23H28N4O4S2. The molecule has 0 bridgehead atoms. The predicted molar refractivity (Wildman–Crippen MR) is 130 cm³/mol. The van der Waals surface area contributed by atoms with Crippen LogP contribution in [0.15, 0.2) is 0 Å². The second-order valence-corrected chi connectivity index (χ2v) is 10.7. The highest BCUT2D eigenvalue weighted by Crippen LogP contribution is 2.39. The minimum atomic E-state index is -0.520. The van der Waals surface area contributed by atoms with Crippen LogP contribution in [0, 0.1) is 0 Å². The molecule has 0 saturated heterocycles. The quantitative estimate of drug-likeness (QED) is 0.450. The lowest BCUT2D eigenvalue weighted by Gasteiger charge is -2.11. The molecule has 2 aromatic rings. The maximum absolute atomic E-state index is 12.5. The fraction of sp³-hybridized carbons (Fsp3) is 0.478. The maximum Gasteiger partial charge on any atom is 0.251 e. The number of fused-ring (bicyclic) bond motifs is 2. The molecule has 0 aliphatic heterocycles. The lowest BCUT2D eigenvalue weighted by molar-refractivity contribution is -0.117. The first kappa shape index (κ1) is 23.4. The van der Waals surface area contributed by atoms with Crippen LogP contribution in [-0.2, 0) is 35.3 Å². The second kappa shape index (κ2) is 10.0. The van der Waals surface area contributed by atoms with Gasteiger partial charge in [-0.2, -0.15) is 0 Å². The smallest absolute Gasteiger partial charge is 0.251 e. The molecule has 2 aliphatic carbocycles. The zero-order valence-corrected chi connectivity index (χ0v) is 20.0. The molecule has 6 N–H and O–H groups in total. The van der Waals surface area contributed by atoms with Crippen molar-refractivity contribution >= 4 is 56.3 Å². The summed E-state index contributed by atoms with van der Waals surface area (Å²) in [7, 11) is 0. The van der Waals surface area contributed by atoms with E-state index in [1.54, 1.807) is 0 Å². The Balaban J connectivity index is 1.32. The van der Waals surface area contributed by atoms with Gasteiger partial charge in [0.2, 0.25) is 11.8 Å². The predicted octanol–water partition coefficient (Wildman–Crippen LogP) is 3.51. The average molecular weight is 489 g/mol. The van der Waals surface area contributed by atoms with E-state index in [0.29, 0.717) is 27.5 Å². The molecule has 8 nitrogen and oxygen atoms in total. The summed E-state index contributed by atoms with van der Waals surface area (Å²) in [6, 6.07) is 0. The minimum Gasteiger partial charge on any atom is -0.365 e. The van der Waals surface area contributed by atoms with Crippen LogP contribution in [0.4, 0.5) is 10.0 Å². The monoisotopic (exact) mass is 488 g/mol. The molecule has 4 amide bonds. The standard InChI is InChI=1S/C23H28N4O4S2/c24-20(30)18-12-6-1-3-8-14(12)32-22(18)26-16(28)10-5-11-17(29)27-23-19(21(25)31)13-7-2-4-9-15(13)33-23/h1-11H2,(H2,24,30)(H2,25,31)(H,26,28)(H,27,29). The van der Waals surface area contributed by atoms with Gasteiger partial charge in [-0.25, -0.2) is 0 Å². The van der Waals surface area contributed by atoms with E-state index in [4.69, 9.17) is 11.5 Å². The van der Waals surface area contributed by atoms with Crippen molar-refractivity contribution in [1.82, 2.24) is 0 Å². The SMILES string of the molecule is NC(=O)c1c(NC(=O)CCCC(=O)Nc2sc3c(c2C(N)=O)CCCC3)sc2c1CCCC2. The van der Waals surface area contributed by atoms with E-state index in [1.165, 1.54) is 22.7 Å². The molecule has 0 unspecified atom stereocenters. The second-order valence-electron chi connectivity index (χ2n) is 8.51. The number of amides is 4. The summed E-state index contributed by atoms with van der Waals surface area (Å²) in [5.74, 6) is -1.55. The van der Waals surface area contributed by atoms with Gasteiger partial charge in [-0.3, -0.25) is 19.2 Å². The Morgan fingerprint density at radius 2 is 1.06 bits per heavy atom. The van der Waals surface area contributed by atoms with Gasteiger partial charge in [-0.15, -0.1) is 22.7 Å². The highest BCUT2D eigenvalue weighted by molar-refractivity contribution is 7.17. The van der Waals surface area contributed by atoms with Crippen LogP contribution in [0.3, 0.4) is 0 Å². The molecule has 0 spiro atoms. The number of rotatable bonds is 8. The summed E-state index contributed by atoms with van der Waals surface area (Å²) in [5, 5.41) is 6.66. The van der Waals surface area contributed by atoms with E-state index >= 15 is 0 Å². The highest BCUT2D eigenvalue weighted by Gasteiger charge is 2.26. The summed E-state index contributed by atoms with van der Waals surface area (Å²) in [4.78, 5) is 51.1. The van der Waals surface area contributed by atoms with Gasteiger partial charge < -0.3 is 22.1 Å². The molecule has 0 radical (unpaired) electrons. The van der Waals surface area contributed by atoms with Crippen molar-refractivity contribution in [3.63, 3.8) is 0 Å². The Morgan fingerprint density at radius 1 is 0.667 bits per heavy atom. The van der Waals surface area contributed by atoms with Crippen molar-refractivity contribution in [2.45, 2.75) is 70.6 Å². The van der Waals surface area contributed by atoms with Gasteiger partial charge in [-0.05, 0) is 68.9 Å². The van der Waals surface area contributed by atoms with Crippen molar-refractivity contribution in [2.75, 3.05) is 10.6 Å². The van der Waals surface area contributed by atoms with Crippen LogP contribution in [0.5, 0.6) is 0 Å². The first-order valence-corrected chi connectivity index (χ1v) is 13.0. The maximum atomic E-state index is 12.5. The van der Waals surface area contributed by atoms with E-state index in [1.807, 2.05) is 0 Å². The molecule has 0 saturated carbocycles. The summed E-state index contributed by atoms with van der Waals surface area (Å²) in [6.07, 6.45) is 8.18. The molecule has 10 heteroatoms. The van der Waals surface area contributed by atoms with E-state index < -0.39 is 11.8 Å². The number of nitrogens with two attached hydrogens (primary N) is 2. The zero-order chi connectivity index (χ0) is 23.5. The number of anilines is 2. The Bertz CT molecular complexity index is 1030. The Hall–Kier alpha value is -2.72. The molecule has 0 atom stereocenters. The third-order valence-electron chi connectivity index (χ3n) is 6.15. The topological polar surface area (TPSA) is 144 Å². The molecule has 176 valence electrons. The van der Waals surface area contributed by atoms with Crippen molar-refractivity contribution in [3.8, 4) is 0 Å². The lowest BCUT2D eigenvalue weighted by atomic mass is 9.95. The number of primary amides is 2. The van der Waals surface area contributed by atoms with Gasteiger partial charge in [0.05, 0.1) is 11.1 Å². The first-order chi connectivity index (χ1) is 15.8. The van der Waals surface area contributed by atoms with Gasteiger partial charge in [0.25, 0.3) is 11.8 Å². The zero-order valence-electron chi connectivity index (χ0n) is 18.4. The number of thiophene rings is 2. The number of carbonyl (C=O) groups excluding carboxylic acids is 4. The van der Waals surface area contributed by atoms with E-state index in [2.05, 4.69) is 10.6 Å². The van der Waals surface area contributed by atoms with Crippen molar-refractivity contribution in [2.24, 2.45) is 11.5 Å². The molecule has 2 heterocycles. The van der Waals surface area contributed by atoms with Crippen LogP contribution in [0.25, 0.3) is 0 Å². The fourth-order valence-electron chi connectivity index (χ4n) is 4.62. The Morgan fingerprint density at radius 3 is 1.45 bits per heavy atom. The largest absolute Gasteiger partial charge is 0.365 e. The van der Waals surface area contributed by atoms with Gasteiger partial charge in [0, 0.05) is 22.6 Å². The Labute approximate surface area is 200 Å². The molecular weight excluding hydrogens is 460 g/mol. The molecule has 0 fully saturated rings. The van der Waals surface area contributed by atoms with Crippen molar-refractivity contribution in [3.05, 3.63) is 32.0 Å².